The highest BCUT2D eigenvalue weighted by molar-refractivity contribution is 7.99. The van der Waals surface area contributed by atoms with E-state index in [2.05, 4.69) is 21.6 Å². The van der Waals surface area contributed by atoms with E-state index in [1.54, 1.807) is 4.68 Å². The highest BCUT2D eigenvalue weighted by Gasteiger charge is 2.11. The van der Waals surface area contributed by atoms with Gasteiger partial charge in [-0.15, -0.1) is 5.10 Å². The summed E-state index contributed by atoms with van der Waals surface area (Å²) in [5.74, 6) is 0.667. The van der Waals surface area contributed by atoms with Gasteiger partial charge in [-0.1, -0.05) is 30.0 Å². The fraction of sp³-hybridized carbons (Fsp3) is 0.333. The molecular weight excluding hydrogens is 246 g/mol. The molecule has 0 aliphatic carbocycles. The van der Waals surface area contributed by atoms with Gasteiger partial charge in [0, 0.05) is 5.75 Å². The molecule has 1 aromatic carbocycles. The van der Waals surface area contributed by atoms with Gasteiger partial charge < -0.3 is 0 Å². The first-order valence-electron chi connectivity index (χ1n) is 5.59. The molecule has 2 aromatic rings. The van der Waals surface area contributed by atoms with Gasteiger partial charge in [0.2, 0.25) is 5.16 Å². The number of nitriles is 1. The third-order valence-corrected chi connectivity index (χ3v) is 3.65. The number of benzene rings is 1. The number of tetrazole rings is 1. The van der Waals surface area contributed by atoms with Crippen LogP contribution in [0.1, 0.15) is 12.5 Å². The number of nitrogens with zero attached hydrogens (tertiary/aromatic N) is 5. The summed E-state index contributed by atoms with van der Waals surface area (Å²) in [6.07, 6.45) is 0. The summed E-state index contributed by atoms with van der Waals surface area (Å²) in [7, 11) is 0. The topological polar surface area (TPSA) is 67.4 Å². The lowest BCUT2D eigenvalue weighted by molar-refractivity contribution is 0.750. The normalized spacial score (nSPS) is 12.1. The number of hydrogen-bond donors (Lipinski definition) is 0. The average molecular weight is 259 g/mol. The van der Waals surface area contributed by atoms with Gasteiger partial charge in [-0.25, -0.2) is 0 Å². The van der Waals surface area contributed by atoms with Crippen molar-refractivity contribution < 1.29 is 0 Å². The fourth-order valence-electron chi connectivity index (χ4n) is 1.46. The van der Waals surface area contributed by atoms with Gasteiger partial charge in [0.1, 0.15) is 0 Å². The van der Waals surface area contributed by atoms with Crippen LogP contribution in [0, 0.1) is 24.2 Å². The molecule has 1 atom stereocenters. The van der Waals surface area contributed by atoms with Crippen LogP contribution >= 0.6 is 11.8 Å². The van der Waals surface area contributed by atoms with Crippen molar-refractivity contribution in [3.05, 3.63) is 29.8 Å². The summed E-state index contributed by atoms with van der Waals surface area (Å²) in [5.41, 5.74) is 2.08. The molecule has 0 radical (unpaired) electrons. The maximum atomic E-state index is 8.77. The summed E-state index contributed by atoms with van der Waals surface area (Å²) in [4.78, 5) is 0. The Hall–Kier alpha value is -1.87. The van der Waals surface area contributed by atoms with Crippen LogP contribution in [0.15, 0.2) is 29.4 Å². The zero-order chi connectivity index (χ0) is 13.0. The number of aromatic nitrogens is 4. The van der Waals surface area contributed by atoms with E-state index in [4.69, 9.17) is 5.26 Å². The molecule has 0 aliphatic rings. The van der Waals surface area contributed by atoms with Crippen LogP contribution < -0.4 is 0 Å². The third-order valence-electron chi connectivity index (χ3n) is 2.47. The molecule has 0 unspecified atom stereocenters. The van der Waals surface area contributed by atoms with Crippen molar-refractivity contribution in [2.45, 2.75) is 19.0 Å². The Kier molecular flexibility index (Phi) is 3.95. The van der Waals surface area contributed by atoms with Gasteiger partial charge in [0.05, 0.1) is 17.7 Å². The lowest BCUT2D eigenvalue weighted by Crippen LogP contribution is -2.02. The summed E-state index contributed by atoms with van der Waals surface area (Å²) in [5, 5.41) is 21.2. The van der Waals surface area contributed by atoms with Crippen molar-refractivity contribution in [3.63, 3.8) is 0 Å². The van der Waals surface area contributed by atoms with E-state index in [1.807, 2.05) is 38.1 Å². The minimum atomic E-state index is -0.0166. The third kappa shape index (κ3) is 2.68. The summed E-state index contributed by atoms with van der Waals surface area (Å²) >= 11 is 1.49. The molecule has 0 fully saturated rings. The Morgan fingerprint density at radius 1 is 1.44 bits per heavy atom. The molecule has 1 aromatic heterocycles. The molecule has 6 heteroatoms. The lowest BCUT2D eigenvalue weighted by Gasteiger charge is -2.07. The quantitative estimate of drug-likeness (QED) is 0.787. The molecule has 92 valence electrons. The molecule has 2 rings (SSSR count). The van der Waals surface area contributed by atoms with Crippen molar-refractivity contribution >= 4 is 11.8 Å². The van der Waals surface area contributed by atoms with E-state index in [9.17, 15) is 0 Å². The Labute approximate surface area is 110 Å². The smallest absolute Gasteiger partial charge is 0.198 e. The van der Waals surface area contributed by atoms with Crippen LogP contribution in [-0.4, -0.2) is 26.0 Å². The molecule has 0 N–H and O–H groups in total. The van der Waals surface area contributed by atoms with Gasteiger partial charge in [-0.05, 0) is 35.9 Å². The van der Waals surface area contributed by atoms with Gasteiger partial charge in [-0.3, -0.25) is 0 Å². The second-order valence-corrected chi connectivity index (χ2v) is 4.99. The van der Waals surface area contributed by atoms with E-state index in [0.717, 1.165) is 11.3 Å². The predicted molar refractivity (Wildman–Crippen MR) is 69.4 cm³/mol. The number of aryl methyl sites for hydroxylation is 1. The van der Waals surface area contributed by atoms with Crippen LogP contribution in [0.25, 0.3) is 5.69 Å². The van der Waals surface area contributed by atoms with Crippen LogP contribution in [0.5, 0.6) is 0 Å². The maximum Gasteiger partial charge on any atom is 0.214 e. The van der Waals surface area contributed by atoms with Gasteiger partial charge in [0.25, 0.3) is 0 Å². The maximum absolute atomic E-state index is 8.77. The Morgan fingerprint density at radius 3 is 2.94 bits per heavy atom. The van der Waals surface area contributed by atoms with Crippen molar-refractivity contribution in [1.82, 2.24) is 20.2 Å². The summed E-state index contributed by atoms with van der Waals surface area (Å²) < 4.78 is 1.71. The first-order valence-corrected chi connectivity index (χ1v) is 6.57. The Morgan fingerprint density at radius 2 is 2.22 bits per heavy atom. The van der Waals surface area contributed by atoms with Crippen LogP contribution in [0.2, 0.25) is 0 Å². The molecule has 0 spiro atoms. The van der Waals surface area contributed by atoms with E-state index >= 15 is 0 Å². The highest BCUT2D eigenvalue weighted by atomic mass is 32.2. The molecule has 0 saturated carbocycles. The Balaban J connectivity index is 2.24. The van der Waals surface area contributed by atoms with Gasteiger partial charge >= 0.3 is 0 Å². The summed E-state index contributed by atoms with van der Waals surface area (Å²) in [6, 6.07) is 10.1. The average Bonchev–Trinajstić information content (AvgIpc) is 2.84. The first kappa shape index (κ1) is 12.6. The first-order chi connectivity index (χ1) is 8.72. The number of rotatable bonds is 4. The fourth-order valence-corrected chi connectivity index (χ4v) is 2.28. The van der Waals surface area contributed by atoms with Crippen LogP contribution in [0.4, 0.5) is 0 Å². The molecule has 5 nitrogen and oxygen atoms in total. The standard InChI is InChI=1S/C12H13N5S/c1-9(7-13)8-18-12-14-15-16-17(12)11-6-4-3-5-10(11)2/h3-6,9H,8H2,1-2H3/t9-/m1/s1. The van der Waals surface area contributed by atoms with Gasteiger partial charge in [-0.2, -0.15) is 9.94 Å². The second-order valence-electron chi connectivity index (χ2n) is 4.00. The largest absolute Gasteiger partial charge is 0.214 e. The molecule has 0 aliphatic heterocycles. The summed E-state index contributed by atoms with van der Waals surface area (Å²) in [6.45, 7) is 3.90. The van der Waals surface area contributed by atoms with Gasteiger partial charge in [0.15, 0.2) is 0 Å². The van der Waals surface area contributed by atoms with Crippen molar-refractivity contribution in [2.24, 2.45) is 5.92 Å². The van der Waals surface area contributed by atoms with Crippen LogP contribution in [0.3, 0.4) is 0 Å². The lowest BCUT2D eigenvalue weighted by atomic mass is 10.2. The van der Waals surface area contributed by atoms with Crippen molar-refractivity contribution in [2.75, 3.05) is 5.75 Å². The molecule has 0 bridgehead atoms. The molecule has 18 heavy (non-hydrogen) atoms. The highest BCUT2D eigenvalue weighted by Crippen LogP contribution is 2.21. The van der Waals surface area contributed by atoms with Crippen LogP contribution in [-0.2, 0) is 0 Å². The van der Waals surface area contributed by atoms with E-state index in [0.29, 0.717) is 10.9 Å². The number of para-hydroxylation sites is 1. The SMILES string of the molecule is Cc1ccccc1-n1nnnc1SC[C@H](C)C#N. The van der Waals surface area contributed by atoms with E-state index < -0.39 is 0 Å². The second kappa shape index (κ2) is 5.65. The molecule has 0 amide bonds. The van der Waals surface area contributed by atoms with E-state index in [1.165, 1.54) is 11.8 Å². The van der Waals surface area contributed by atoms with Crippen molar-refractivity contribution in [1.29, 1.82) is 5.26 Å². The zero-order valence-corrected chi connectivity index (χ0v) is 11.1. The number of thioether (sulfide) groups is 1. The minimum absolute atomic E-state index is 0.0166. The monoisotopic (exact) mass is 259 g/mol. The molecular formula is C12H13N5S. The minimum Gasteiger partial charge on any atom is -0.198 e. The van der Waals surface area contributed by atoms with E-state index in [-0.39, 0.29) is 5.92 Å². The Bertz CT molecular complexity index is 572. The molecule has 1 heterocycles. The zero-order valence-electron chi connectivity index (χ0n) is 10.2. The van der Waals surface area contributed by atoms with Crippen molar-refractivity contribution in [3.8, 4) is 11.8 Å². The predicted octanol–water partition coefficient (Wildman–Crippen LogP) is 2.22. The number of hydrogen-bond acceptors (Lipinski definition) is 5. The molecule has 0 saturated heterocycles.